The van der Waals surface area contributed by atoms with Crippen LogP contribution < -0.4 is 16.8 Å². The highest BCUT2D eigenvalue weighted by Crippen LogP contribution is 2.12. The lowest BCUT2D eigenvalue weighted by Crippen LogP contribution is -2.35. The van der Waals surface area contributed by atoms with Gasteiger partial charge in [0.25, 0.3) is 0 Å². The maximum atomic E-state index is 10.2. The van der Waals surface area contributed by atoms with Gasteiger partial charge in [-0.05, 0) is 17.7 Å². The summed E-state index contributed by atoms with van der Waals surface area (Å²) in [7, 11) is 0. The first-order valence-corrected chi connectivity index (χ1v) is 4.25. The van der Waals surface area contributed by atoms with Gasteiger partial charge in [-0.15, -0.1) is 0 Å². The van der Waals surface area contributed by atoms with Crippen molar-refractivity contribution < 1.29 is 9.90 Å². The Hall–Kier alpha value is -2.08. The molecule has 6 heteroatoms. The van der Waals surface area contributed by atoms with Gasteiger partial charge in [-0.2, -0.15) is 0 Å². The van der Waals surface area contributed by atoms with Crippen LogP contribution >= 0.6 is 0 Å². The molecule has 0 unspecified atom stereocenters. The van der Waals surface area contributed by atoms with Crippen molar-refractivity contribution in [3.8, 4) is 0 Å². The first kappa shape index (κ1) is 11.0. The summed E-state index contributed by atoms with van der Waals surface area (Å²) in [6, 6.07) is 7.01. The standard InChI is InChI=1S/C9H12N4O2/c10-5-6-1-3-7(4-2-6)12-8(11)13-9(14)15/h1-4H,5,10H2,(H,14,15)(H3,11,12,13). The minimum atomic E-state index is -1.24. The second kappa shape index (κ2) is 4.97. The van der Waals surface area contributed by atoms with Crippen LogP contribution in [-0.4, -0.2) is 17.2 Å². The van der Waals surface area contributed by atoms with E-state index >= 15 is 0 Å². The van der Waals surface area contributed by atoms with E-state index in [1.54, 1.807) is 24.3 Å². The lowest BCUT2D eigenvalue weighted by molar-refractivity contribution is 0.200. The molecule has 0 atom stereocenters. The van der Waals surface area contributed by atoms with E-state index in [1.807, 2.05) is 5.32 Å². The second-order valence-corrected chi connectivity index (χ2v) is 2.80. The van der Waals surface area contributed by atoms with Crippen LogP contribution in [0.4, 0.5) is 10.5 Å². The molecule has 0 spiro atoms. The van der Waals surface area contributed by atoms with E-state index < -0.39 is 6.09 Å². The number of amides is 1. The fourth-order valence-electron chi connectivity index (χ4n) is 0.983. The Labute approximate surface area is 86.6 Å². The molecule has 1 aromatic rings. The molecule has 80 valence electrons. The van der Waals surface area contributed by atoms with Gasteiger partial charge in [0.15, 0.2) is 0 Å². The normalized spacial score (nSPS) is 11.1. The van der Waals surface area contributed by atoms with Crippen molar-refractivity contribution >= 4 is 17.7 Å². The van der Waals surface area contributed by atoms with Crippen LogP contribution in [0, 0.1) is 0 Å². The van der Waals surface area contributed by atoms with Gasteiger partial charge in [-0.1, -0.05) is 12.1 Å². The average molecular weight is 208 g/mol. The molecule has 0 heterocycles. The van der Waals surface area contributed by atoms with Crippen molar-refractivity contribution in [2.24, 2.45) is 16.5 Å². The lowest BCUT2D eigenvalue weighted by atomic mass is 10.2. The van der Waals surface area contributed by atoms with Gasteiger partial charge >= 0.3 is 6.09 Å². The summed E-state index contributed by atoms with van der Waals surface area (Å²) in [5.41, 5.74) is 12.3. The zero-order valence-corrected chi connectivity index (χ0v) is 7.97. The molecular weight excluding hydrogens is 196 g/mol. The van der Waals surface area contributed by atoms with Crippen LogP contribution in [0.25, 0.3) is 0 Å². The number of carboxylic acid groups (broad SMARTS) is 1. The molecule has 1 rings (SSSR count). The maximum Gasteiger partial charge on any atom is 0.411 e. The summed E-state index contributed by atoms with van der Waals surface area (Å²) in [4.78, 5) is 14.0. The van der Waals surface area contributed by atoms with Crippen LogP contribution in [0.3, 0.4) is 0 Å². The van der Waals surface area contributed by atoms with Gasteiger partial charge in [0.05, 0.1) is 5.69 Å². The van der Waals surface area contributed by atoms with Gasteiger partial charge in [0, 0.05) is 6.54 Å². The number of benzene rings is 1. The Kier molecular flexibility index (Phi) is 3.64. The zero-order valence-electron chi connectivity index (χ0n) is 7.97. The number of aliphatic imine (C=N–C) groups is 1. The highest BCUT2D eigenvalue weighted by atomic mass is 16.4. The Morgan fingerprint density at radius 2 is 2.00 bits per heavy atom. The second-order valence-electron chi connectivity index (χ2n) is 2.80. The van der Waals surface area contributed by atoms with Gasteiger partial charge in [-0.25, -0.2) is 9.79 Å². The summed E-state index contributed by atoms with van der Waals surface area (Å²) >= 11 is 0. The van der Waals surface area contributed by atoms with Crippen molar-refractivity contribution in [1.29, 1.82) is 0 Å². The summed E-state index contributed by atoms with van der Waals surface area (Å²) < 4.78 is 0. The van der Waals surface area contributed by atoms with Crippen LogP contribution in [0.2, 0.25) is 0 Å². The Morgan fingerprint density at radius 3 is 2.47 bits per heavy atom. The maximum absolute atomic E-state index is 10.2. The number of hydrogen-bond acceptors (Lipinski definition) is 3. The summed E-state index contributed by atoms with van der Waals surface area (Å²) in [5.74, 6) is -0.164. The minimum Gasteiger partial charge on any atom is -0.465 e. The number of rotatable bonds is 2. The number of nitrogens with zero attached hydrogens (tertiary/aromatic N) is 1. The largest absolute Gasteiger partial charge is 0.465 e. The number of hydrogen-bond donors (Lipinski definition) is 4. The third-order valence-electron chi connectivity index (χ3n) is 1.66. The van der Waals surface area contributed by atoms with Crippen molar-refractivity contribution in [1.82, 2.24) is 5.32 Å². The molecule has 0 fully saturated rings. The SMILES string of the molecule is NCc1ccc(N=C(N)NC(=O)O)cc1. The van der Waals surface area contributed by atoms with Gasteiger partial charge in [-0.3, -0.25) is 5.32 Å². The van der Waals surface area contributed by atoms with Crippen LogP contribution in [0.1, 0.15) is 5.56 Å². The molecule has 1 amide bonds. The van der Waals surface area contributed by atoms with E-state index in [2.05, 4.69) is 4.99 Å². The first-order chi connectivity index (χ1) is 7.11. The minimum absolute atomic E-state index is 0.164. The summed E-state index contributed by atoms with van der Waals surface area (Å²) in [6.07, 6.45) is -1.24. The molecule has 6 N–H and O–H groups in total. The number of guanidine groups is 1. The molecule has 0 aliphatic heterocycles. The Bertz CT molecular complexity index is 372. The first-order valence-electron chi connectivity index (χ1n) is 4.25. The summed E-state index contributed by atoms with van der Waals surface area (Å²) in [6.45, 7) is 0.451. The van der Waals surface area contributed by atoms with Gasteiger partial charge < -0.3 is 16.6 Å². The quantitative estimate of drug-likeness (QED) is 0.415. The molecule has 0 bridgehead atoms. The predicted octanol–water partition coefficient (Wildman–Crippen LogP) is 0.359. The number of nitrogens with one attached hydrogen (secondary N) is 1. The molecule has 1 aromatic carbocycles. The molecule has 0 aliphatic carbocycles. The van der Waals surface area contributed by atoms with E-state index in [4.69, 9.17) is 16.6 Å². The number of carbonyl (C=O) groups is 1. The predicted molar refractivity (Wildman–Crippen MR) is 56.8 cm³/mol. The molecule has 0 aromatic heterocycles. The van der Waals surface area contributed by atoms with Crippen molar-refractivity contribution in [2.45, 2.75) is 6.54 Å². The van der Waals surface area contributed by atoms with Gasteiger partial charge in [0.2, 0.25) is 5.96 Å². The third-order valence-corrected chi connectivity index (χ3v) is 1.66. The van der Waals surface area contributed by atoms with E-state index in [-0.39, 0.29) is 5.96 Å². The fourth-order valence-corrected chi connectivity index (χ4v) is 0.983. The van der Waals surface area contributed by atoms with E-state index in [0.29, 0.717) is 12.2 Å². The van der Waals surface area contributed by atoms with Crippen LogP contribution in [0.5, 0.6) is 0 Å². The lowest BCUT2D eigenvalue weighted by Gasteiger charge is -2.00. The zero-order chi connectivity index (χ0) is 11.3. The highest BCUT2D eigenvalue weighted by molar-refractivity contribution is 5.93. The molecule has 0 saturated carbocycles. The molecule has 15 heavy (non-hydrogen) atoms. The monoisotopic (exact) mass is 208 g/mol. The molecular formula is C9H12N4O2. The molecule has 0 radical (unpaired) electrons. The third kappa shape index (κ3) is 3.65. The Balaban J connectivity index is 2.75. The van der Waals surface area contributed by atoms with E-state index in [1.165, 1.54) is 0 Å². The van der Waals surface area contributed by atoms with Crippen LogP contribution in [-0.2, 0) is 6.54 Å². The topological polar surface area (TPSA) is 114 Å². The van der Waals surface area contributed by atoms with Gasteiger partial charge in [0.1, 0.15) is 0 Å². The van der Waals surface area contributed by atoms with E-state index in [9.17, 15) is 4.79 Å². The van der Waals surface area contributed by atoms with Crippen molar-refractivity contribution in [2.75, 3.05) is 0 Å². The van der Waals surface area contributed by atoms with E-state index in [0.717, 1.165) is 5.56 Å². The summed E-state index contributed by atoms with van der Waals surface area (Å²) in [5, 5.41) is 10.3. The van der Waals surface area contributed by atoms with Crippen LogP contribution in [0.15, 0.2) is 29.3 Å². The highest BCUT2D eigenvalue weighted by Gasteiger charge is 1.98. The van der Waals surface area contributed by atoms with Crippen molar-refractivity contribution in [3.05, 3.63) is 29.8 Å². The smallest absolute Gasteiger partial charge is 0.411 e. The molecule has 0 aliphatic rings. The fraction of sp³-hybridized carbons (Fsp3) is 0.111. The van der Waals surface area contributed by atoms with Crippen molar-refractivity contribution in [3.63, 3.8) is 0 Å². The number of nitrogens with two attached hydrogens (primary N) is 2. The molecule has 0 saturated heterocycles. The molecule has 6 nitrogen and oxygen atoms in total. The Morgan fingerprint density at radius 1 is 1.40 bits per heavy atom. The average Bonchev–Trinajstić information content (AvgIpc) is 2.17.